The van der Waals surface area contributed by atoms with E-state index in [0.717, 1.165) is 25.8 Å². The Labute approximate surface area is 112 Å². The van der Waals surface area contributed by atoms with Gasteiger partial charge in [-0.05, 0) is 31.4 Å². The summed E-state index contributed by atoms with van der Waals surface area (Å²) in [6.45, 7) is 2.89. The lowest BCUT2D eigenvalue weighted by atomic mass is 10.2. The maximum Gasteiger partial charge on any atom is 0.254 e. The van der Waals surface area contributed by atoms with Crippen LogP contribution in [0, 0.1) is 0 Å². The molecule has 2 rings (SSSR count). The van der Waals surface area contributed by atoms with Crippen LogP contribution in [0.4, 0.5) is 5.82 Å². The number of amides is 1. The van der Waals surface area contributed by atoms with E-state index >= 15 is 0 Å². The summed E-state index contributed by atoms with van der Waals surface area (Å²) < 4.78 is 0. The van der Waals surface area contributed by atoms with Crippen LogP contribution in [-0.2, 0) is 0 Å². The molecule has 1 fully saturated rings. The van der Waals surface area contributed by atoms with Gasteiger partial charge in [-0.25, -0.2) is 4.98 Å². The van der Waals surface area contributed by atoms with Crippen molar-refractivity contribution in [2.24, 2.45) is 0 Å². The Morgan fingerprint density at radius 3 is 2.83 bits per heavy atom. The van der Waals surface area contributed by atoms with Crippen LogP contribution in [0.3, 0.4) is 0 Å². The average Bonchev–Trinajstić information content (AvgIpc) is 3.18. The molecule has 0 aromatic carbocycles. The molecule has 0 unspecified atom stereocenters. The number of halogens is 1. The zero-order valence-corrected chi connectivity index (χ0v) is 11.5. The molecule has 18 heavy (non-hydrogen) atoms. The van der Waals surface area contributed by atoms with Crippen molar-refractivity contribution in [2.75, 3.05) is 18.9 Å². The molecule has 1 amide bonds. The normalized spacial score (nSPS) is 14.4. The predicted molar refractivity (Wildman–Crippen MR) is 73.1 cm³/mol. The lowest BCUT2D eigenvalue weighted by Gasteiger charge is -2.22. The first-order valence-electron chi connectivity index (χ1n) is 6.32. The predicted octanol–water partition coefficient (Wildman–Crippen LogP) is 2.79. The lowest BCUT2D eigenvalue weighted by Crippen LogP contribution is -2.33. The number of hydrogen-bond acceptors (Lipinski definition) is 3. The number of aromatic nitrogens is 1. The third kappa shape index (κ3) is 2.93. The Kier molecular flexibility index (Phi) is 4.07. The molecule has 0 spiro atoms. The summed E-state index contributed by atoms with van der Waals surface area (Å²) in [4.78, 5) is 18.5. The Morgan fingerprint density at radius 1 is 1.56 bits per heavy atom. The smallest absolute Gasteiger partial charge is 0.254 e. The Hall–Kier alpha value is -1.29. The van der Waals surface area contributed by atoms with E-state index in [1.54, 1.807) is 19.2 Å². The number of nitrogens with one attached hydrogen (secondary N) is 1. The molecule has 98 valence electrons. The highest BCUT2D eigenvalue weighted by Gasteiger charge is 2.32. The molecule has 1 N–H and O–H groups in total. The number of nitrogens with zero attached hydrogens (tertiary/aromatic N) is 2. The molecular formula is C13H18ClN3O. The molecule has 4 nitrogen and oxygen atoms in total. The Morgan fingerprint density at radius 2 is 2.28 bits per heavy atom. The largest absolute Gasteiger partial charge is 0.373 e. The van der Waals surface area contributed by atoms with Crippen LogP contribution in [0.15, 0.2) is 12.1 Å². The van der Waals surface area contributed by atoms with Gasteiger partial charge in [0.1, 0.15) is 11.0 Å². The maximum atomic E-state index is 12.4. The first-order chi connectivity index (χ1) is 8.65. The second kappa shape index (κ2) is 5.57. The van der Waals surface area contributed by atoms with Gasteiger partial charge in [0.05, 0.1) is 0 Å². The summed E-state index contributed by atoms with van der Waals surface area (Å²) >= 11 is 5.93. The minimum absolute atomic E-state index is 0.0557. The van der Waals surface area contributed by atoms with Crippen molar-refractivity contribution >= 4 is 23.3 Å². The molecule has 1 aliphatic rings. The van der Waals surface area contributed by atoms with Gasteiger partial charge in [0.15, 0.2) is 0 Å². The van der Waals surface area contributed by atoms with E-state index in [1.807, 2.05) is 4.90 Å². The fourth-order valence-electron chi connectivity index (χ4n) is 1.99. The molecule has 1 aromatic rings. The van der Waals surface area contributed by atoms with Gasteiger partial charge >= 0.3 is 0 Å². The molecule has 1 heterocycles. The van der Waals surface area contributed by atoms with Crippen LogP contribution >= 0.6 is 11.6 Å². The third-order valence-corrected chi connectivity index (χ3v) is 3.20. The Balaban J connectivity index is 2.23. The van der Waals surface area contributed by atoms with Gasteiger partial charge in [0.25, 0.3) is 5.91 Å². The molecule has 0 aliphatic heterocycles. The minimum Gasteiger partial charge on any atom is -0.373 e. The van der Waals surface area contributed by atoms with Crippen molar-refractivity contribution in [1.82, 2.24) is 9.88 Å². The highest BCUT2D eigenvalue weighted by atomic mass is 35.5. The lowest BCUT2D eigenvalue weighted by molar-refractivity contribution is 0.0743. The molecule has 0 saturated heterocycles. The quantitative estimate of drug-likeness (QED) is 0.835. The Bertz CT molecular complexity index is 446. The van der Waals surface area contributed by atoms with Crippen molar-refractivity contribution in [3.05, 3.63) is 22.8 Å². The van der Waals surface area contributed by atoms with Crippen LogP contribution in [0.5, 0.6) is 0 Å². The summed E-state index contributed by atoms with van der Waals surface area (Å²) in [6.07, 6.45) is 3.20. The summed E-state index contributed by atoms with van der Waals surface area (Å²) in [5.74, 6) is 0.679. The highest BCUT2D eigenvalue weighted by Crippen LogP contribution is 2.29. The zero-order chi connectivity index (χ0) is 13.1. The first-order valence-corrected chi connectivity index (χ1v) is 6.69. The van der Waals surface area contributed by atoms with E-state index in [4.69, 9.17) is 11.6 Å². The van der Waals surface area contributed by atoms with Crippen molar-refractivity contribution in [1.29, 1.82) is 0 Å². The van der Waals surface area contributed by atoms with E-state index < -0.39 is 0 Å². The van der Waals surface area contributed by atoms with Crippen LogP contribution in [0.2, 0.25) is 5.15 Å². The molecule has 1 aromatic heterocycles. The van der Waals surface area contributed by atoms with Crippen molar-refractivity contribution in [3.63, 3.8) is 0 Å². The molecule has 1 saturated carbocycles. The van der Waals surface area contributed by atoms with Gasteiger partial charge in [-0.3, -0.25) is 4.79 Å². The molecular weight excluding hydrogens is 250 g/mol. The standard InChI is InChI=1S/C13H18ClN3O/c1-3-6-17(10-4-5-10)13(18)9-7-11(14)16-12(8-9)15-2/h7-8,10H,3-6H2,1-2H3,(H,15,16). The van der Waals surface area contributed by atoms with E-state index in [2.05, 4.69) is 17.2 Å². The SMILES string of the molecule is CCCN(C(=O)c1cc(Cl)nc(NC)c1)C1CC1. The average molecular weight is 268 g/mol. The van der Waals surface area contributed by atoms with Crippen LogP contribution in [0.1, 0.15) is 36.5 Å². The second-order valence-corrected chi connectivity index (χ2v) is 4.93. The summed E-state index contributed by atoms with van der Waals surface area (Å²) in [5.41, 5.74) is 0.611. The van der Waals surface area contributed by atoms with E-state index in [9.17, 15) is 4.79 Å². The van der Waals surface area contributed by atoms with Gasteiger partial charge < -0.3 is 10.2 Å². The minimum atomic E-state index is 0.0557. The number of anilines is 1. The monoisotopic (exact) mass is 267 g/mol. The van der Waals surface area contributed by atoms with Crippen LogP contribution in [-0.4, -0.2) is 35.4 Å². The zero-order valence-electron chi connectivity index (χ0n) is 10.7. The molecule has 0 atom stereocenters. The third-order valence-electron chi connectivity index (χ3n) is 3.01. The number of carbonyl (C=O) groups excluding carboxylic acids is 1. The van der Waals surface area contributed by atoms with Crippen molar-refractivity contribution < 1.29 is 4.79 Å². The number of carbonyl (C=O) groups is 1. The van der Waals surface area contributed by atoms with E-state index in [0.29, 0.717) is 22.6 Å². The van der Waals surface area contributed by atoms with Gasteiger partial charge in [0, 0.05) is 25.2 Å². The molecule has 1 aliphatic carbocycles. The summed E-state index contributed by atoms with van der Waals surface area (Å²) in [5, 5.41) is 3.26. The fraction of sp³-hybridized carbons (Fsp3) is 0.538. The van der Waals surface area contributed by atoms with Gasteiger partial charge in [-0.15, -0.1) is 0 Å². The van der Waals surface area contributed by atoms with Crippen LogP contribution < -0.4 is 5.32 Å². The van der Waals surface area contributed by atoms with Gasteiger partial charge in [-0.2, -0.15) is 0 Å². The van der Waals surface area contributed by atoms with Gasteiger partial charge in [0.2, 0.25) is 0 Å². The highest BCUT2D eigenvalue weighted by molar-refractivity contribution is 6.29. The van der Waals surface area contributed by atoms with E-state index in [-0.39, 0.29) is 5.91 Å². The van der Waals surface area contributed by atoms with Crippen LogP contribution in [0.25, 0.3) is 0 Å². The number of pyridine rings is 1. The second-order valence-electron chi connectivity index (χ2n) is 4.54. The van der Waals surface area contributed by atoms with Crippen molar-refractivity contribution in [2.45, 2.75) is 32.2 Å². The molecule has 0 radical (unpaired) electrons. The number of rotatable bonds is 5. The first kappa shape index (κ1) is 13.1. The summed E-state index contributed by atoms with van der Waals surface area (Å²) in [6, 6.07) is 3.80. The number of hydrogen-bond donors (Lipinski definition) is 1. The molecule has 5 heteroatoms. The maximum absolute atomic E-state index is 12.4. The topological polar surface area (TPSA) is 45.2 Å². The van der Waals surface area contributed by atoms with Crippen molar-refractivity contribution in [3.8, 4) is 0 Å². The fourth-order valence-corrected chi connectivity index (χ4v) is 2.20. The van der Waals surface area contributed by atoms with E-state index in [1.165, 1.54) is 0 Å². The molecule has 0 bridgehead atoms. The summed E-state index contributed by atoms with van der Waals surface area (Å²) in [7, 11) is 1.76. The van der Waals surface area contributed by atoms with Gasteiger partial charge in [-0.1, -0.05) is 18.5 Å².